The van der Waals surface area contributed by atoms with Crippen LogP contribution in [0.4, 0.5) is 0 Å². The molecule has 0 spiro atoms. The van der Waals surface area contributed by atoms with Gasteiger partial charge in [0.1, 0.15) is 0 Å². The van der Waals surface area contributed by atoms with Gasteiger partial charge < -0.3 is 5.32 Å². The number of hydrogen-bond acceptors (Lipinski definition) is 2. The van der Waals surface area contributed by atoms with Crippen LogP contribution in [-0.2, 0) is 13.5 Å². The predicted molar refractivity (Wildman–Crippen MR) is 79.4 cm³/mol. The Labute approximate surface area is 115 Å². The van der Waals surface area contributed by atoms with E-state index in [-0.39, 0.29) is 0 Å². The lowest BCUT2D eigenvalue weighted by Crippen LogP contribution is -2.20. The van der Waals surface area contributed by atoms with Crippen molar-refractivity contribution in [2.45, 2.75) is 33.2 Å². The van der Waals surface area contributed by atoms with E-state index in [0.29, 0.717) is 6.04 Å². The van der Waals surface area contributed by atoms with Crippen molar-refractivity contribution in [1.29, 1.82) is 0 Å². The van der Waals surface area contributed by atoms with Crippen molar-refractivity contribution in [2.24, 2.45) is 7.05 Å². The molecule has 0 amide bonds. The lowest BCUT2D eigenvalue weighted by molar-refractivity contribution is 0.585. The maximum Gasteiger partial charge on any atom is 0.0641 e. The fraction of sp³-hybridized carbons (Fsp3) is 0.438. The molecule has 0 bridgehead atoms. The molecule has 1 aromatic carbocycles. The Morgan fingerprint density at radius 1 is 1.21 bits per heavy atom. The molecule has 19 heavy (non-hydrogen) atoms. The molecule has 0 aliphatic rings. The second-order valence-corrected chi connectivity index (χ2v) is 5.26. The zero-order chi connectivity index (χ0) is 14.0. The summed E-state index contributed by atoms with van der Waals surface area (Å²) < 4.78 is 1.89. The van der Waals surface area contributed by atoms with E-state index in [1.54, 1.807) is 0 Å². The highest BCUT2D eigenvalue weighted by Crippen LogP contribution is 2.24. The van der Waals surface area contributed by atoms with Gasteiger partial charge in [-0.1, -0.05) is 18.2 Å². The highest BCUT2D eigenvalue weighted by atomic mass is 15.3. The van der Waals surface area contributed by atoms with Crippen LogP contribution in [0.2, 0.25) is 0 Å². The van der Waals surface area contributed by atoms with Crippen LogP contribution in [0.5, 0.6) is 0 Å². The van der Waals surface area contributed by atoms with Gasteiger partial charge in [-0.3, -0.25) is 4.68 Å². The first-order valence-corrected chi connectivity index (χ1v) is 6.75. The van der Waals surface area contributed by atoms with Crippen LogP contribution in [0, 0.1) is 20.8 Å². The smallest absolute Gasteiger partial charge is 0.0641 e. The molecule has 3 nitrogen and oxygen atoms in total. The van der Waals surface area contributed by atoms with Crippen LogP contribution < -0.4 is 5.32 Å². The largest absolute Gasteiger partial charge is 0.313 e. The van der Waals surface area contributed by atoms with Crippen LogP contribution in [0.25, 0.3) is 0 Å². The van der Waals surface area contributed by atoms with E-state index in [0.717, 1.165) is 12.1 Å². The average Bonchev–Trinajstić information content (AvgIpc) is 2.68. The van der Waals surface area contributed by atoms with Crippen LogP contribution >= 0.6 is 0 Å². The summed E-state index contributed by atoms with van der Waals surface area (Å²) in [6.45, 7) is 6.45. The number of likely N-dealkylation sites (N-methyl/N-ethyl adjacent to an activating group) is 1. The standard InChI is InChI=1S/C16H23N3/c1-11-7-6-8-12(2)14(11)9-16(17-4)15-10-19(5)18-13(15)3/h6-8,10,16-17H,9H2,1-5H3. The quantitative estimate of drug-likeness (QED) is 0.912. The van der Waals surface area contributed by atoms with Crippen molar-refractivity contribution in [3.63, 3.8) is 0 Å². The second-order valence-electron chi connectivity index (χ2n) is 5.26. The first kappa shape index (κ1) is 13.8. The fourth-order valence-electron chi connectivity index (χ4n) is 2.70. The topological polar surface area (TPSA) is 29.9 Å². The highest BCUT2D eigenvalue weighted by molar-refractivity contribution is 5.35. The van der Waals surface area contributed by atoms with Crippen molar-refractivity contribution in [3.8, 4) is 0 Å². The lowest BCUT2D eigenvalue weighted by atomic mass is 9.93. The monoisotopic (exact) mass is 257 g/mol. The summed E-state index contributed by atoms with van der Waals surface area (Å²) in [6.07, 6.45) is 3.12. The van der Waals surface area contributed by atoms with Crippen LogP contribution in [0.3, 0.4) is 0 Å². The van der Waals surface area contributed by atoms with Crippen LogP contribution in [0.1, 0.15) is 34.0 Å². The van der Waals surface area contributed by atoms with Gasteiger partial charge in [-0.2, -0.15) is 5.10 Å². The normalized spacial score (nSPS) is 12.7. The molecule has 2 aromatic rings. The third kappa shape index (κ3) is 2.87. The number of aromatic nitrogens is 2. The molecule has 0 aliphatic carbocycles. The fourth-order valence-corrected chi connectivity index (χ4v) is 2.70. The van der Waals surface area contributed by atoms with Gasteiger partial charge in [0.05, 0.1) is 5.69 Å². The molecule has 1 aromatic heterocycles. The molecular weight excluding hydrogens is 234 g/mol. The van der Waals surface area contributed by atoms with E-state index in [1.807, 2.05) is 18.8 Å². The molecule has 0 aliphatic heterocycles. The molecule has 0 saturated heterocycles. The molecule has 1 N–H and O–H groups in total. The molecule has 2 rings (SSSR count). The molecule has 1 atom stereocenters. The third-order valence-corrected chi connectivity index (χ3v) is 3.83. The van der Waals surface area contributed by atoms with Crippen molar-refractivity contribution < 1.29 is 0 Å². The Hall–Kier alpha value is -1.61. The van der Waals surface area contributed by atoms with E-state index in [9.17, 15) is 0 Å². The maximum absolute atomic E-state index is 4.44. The minimum Gasteiger partial charge on any atom is -0.313 e. The summed E-state index contributed by atoms with van der Waals surface area (Å²) >= 11 is 0. The molecule has 1 heterocycles. The number of rotatable bonds is 4. The van der Waals surface area contributed by atoms with Gasteiger partial charge in [0.15, 0.2) is 0 Å². The predicted octanol–water partition coefficient (Wildman–Crippen LogP) is 2.85. The van der Waals surface area contributed by atoms with Gasteiger partial charge in [0.2, 0.25) is 0 Å². The van der Waals surface area contributed by atoms with Crippen molar-refractivity contribution in [1.82, 2.24) is 15.1 Å². The Morgan fingerprint density at radius 3 is 2.32 bits per heavy atom. The Kier molecular flexibility index (Phi) is 4.05. The van der Waals surface area contributed by atoms with Gasteiger partial charge in [0.25, 0.3) is 0 Å². The zero-order valence-electron chi connectivity index (χ0n) is 12.5. The summed E-state index contributed by atoms with van der Waals surface area (Å²) in [5, 5.41) is 7.87. The molecular formula is C16H23N3. The number of nitrogens with zero attached hydrogens (tertiary/aromatic N) is 2. The molecule has 0 fully saturated rings. The van der Waals surface area contributed by atoms with Gasteiger partial charge >= 0.3 is 0 Å². The van der Waals surface area contributed by atoms with E-state index in [1.165, 1.54) is 22.3 Å². The van der Waals surface area contributed by atoms with Gasteiger partial charge in [0, 0.05) is 24.8 Å². The Bertz CT molecular complexity index is 549. The van der Waals surface area contributed by atoms with Gasteiger partial charge in [-0.25, -0.2) is 0 Å². The minimum absolute atomic E-state index is 0.313. The SMILES string of the molecule is CNC(Cc1c(C)cccc1C)c1cn(C)nc1C. The summed E-state index contributed by atoms with van der Waals surface area (Å²) in [4.78, 5) is 0. The van der Waals surface area contributed by atoms with Crippen molar-refractivity contribution in [2.75, 3.05) is 7.05 Å². The number of aryl methyl sites for hydroxylation is 4. The van der Waals surface area contributed by atoms with Crippen molar-refractivity contribution in [3.05, 3.63) is 52.3 Å². The van der Waals surface area contributed by atoms with Crippen molar-refractivity contribution >= 4 is 0 Å². The third-order valence-electron chi connectivity index (χ3n) is 3.83. The lowest BCUT2D eigenvalue weighted by Gasteiger charge is -2.18. The summed E-state index contributed by atoms with van der Waals surface area (Å²) in [5.74, 6) is 0. The first-order chi connectivity index (χ1) is 9.02. The molecule has 0 saturated carbocycles. The number of nitrogens with one attached hydrogen (secondary N) is 1. The number of hydrogen-bond donors (Lipinski definition) is 1. The van der Waals surface area contributed by atoms with Gasteiger partial charge in [-0.15, -0.1) is 0 Å². The Balaban J connectivity index is 2.32. The summed E-state index contributed by atoms with van der Waals surface area (Å²) in [5.41, 5.74) is 6.55. The van der Waals surface area contributed by atoms with Crippen LogP contribution in [-0.4, -0.2) is 16.8 Å². The van der Waals surface area contributed by atoms with E-state index in [2.05, 4.69) is 55.6 Å². The summed E-state index contributed by atoms with van der Waals surface area (Å²) in [7, 11) is 3.99. The molecule has 0 radical (unpaired) electrons. The van der Waals surface area contributed by atoms with E-state index in [4.69, 9.17) is 0 Å². The Morgan fingerprint density at radius 2 is 1.84 bits per heavy atom. The molecule has 3 heteroatoms. The highest BCUT2D eigenvalue weighted by Gasteiger charge is 2.17. The maximum atomic E-state index is 4.44. The van der Waals surface area contributed by atoms with Gasteiger partial charge in [-0.05, 0) is 50.9 Å². The average molecular weight is 257 g/mol. The van der Waals surface area contributed by atoms with E-state index >= 15 is 0 Å². The zero-order valence-corrected chi connectivity index (χ0v) is 12.5. The first-order valence-electron chi connectivity index (χ1n) is 6.75. The minimum atomic E-state index is 0.313. The second kappa shape index (κ2) is 5.57. The van der Waals surface area contributed by atoms with Crippen LogP contribution in [0.15, 0.2) is 24.4 Å². The molecule has 1 unspecified atom stereocenters. The van der Waals surface area contributed by atoms with E-state index < -0.39 is 0 Å². The summed E-state index contributed by atoms with van der Waals surface area (Å²) in [6, 6.07) is 6.81. The number of benzene rings is 1. The molecule has 102 valence electrons.